The maximum atomic E-state index is 13.0. The second-order valence-corrected chi connectivity index (χ2v) is 4.74. The van der Waals surface area contributed by atoms with Crippen molar-refractivity contribution in [2.24, 2.45) is 0 Å². The number of aryl methyl sites for hydroxylation is 1. The Hall–Kier alpha value is -2.89. The van der Waals surface area contributed by atoms with Crippen molar-refractivity contribution in [1.82, 2.24) is 5.32 Å². The number of amides is 3. The van der Waals surface area contributed by atoms with Crippen LogP contribution in [0.4, 0.5) is 20.6 Å². The Labute approximate surface area is 127 Å². The third kappa shape index (κ3) is 4.90. The number of carbonyl (C=O) groups excluding carboxylic acids is 2. The molecule has 3 amide bonds. The SMILES string of the molecule is Cc1cccc(NC(=O)NCC(=O)Nc2cccc(F)c2)c1. The Balaban J connectivity index is 1.79. The molecule has 3 N–H and O–H groups in total. The number of anilines is 2. The number of rotatable bonds is 4. The van der Waals surface area contributed by atoms with E-state index in [0.29, 0.717) is 11.4 Å². The Kier molecular flexibility index (Phi) is 5.08. The summed E-state index contributed by atoms with van der Waals surface area (Å²) in [5, 5.41) is 7.54. The van der Waals surface area contributed by atoms with Crippen LogP contribution < -0.4 is 16.0 Å². The molecule has 0 heterocycles. The van der Waals surface area contributed by atoms with E-state index in [1.54, 1.807) is 12.1 Å². The monoisotopic (exact) mass is 301 g/mol. The minimum atomic E-state index is -0.486. The van der Waals surface area contributed by atoms with Crippen LogP contribution >= 0.6 is 0 Å². The van der Waals surface area contributed by atoms with E-state index in [9.17, 15) is 14.0 Å². The normalized spacial score (nSPS) is 9.91. The van der Waals surface area contributed by atoms with Crippen molar-refractivity contribution in [2.75, 3.05) is 17.2 Å². The first kappa shape index (κ1) is 15.5. The number of carbonyl (C=O) groups is 2. The summed E-state index contributed by atoms with van der Waals surface area (Å²) in [6.07, 6.45) is 0. The van der Waals surface area contributed by atoms with Gasteiger partial charge in [-0.05, 0) is 42.8 Å². The van der Waals surface area contributed by atoms with Crippen LogP contribution in [0, 0.1) is 12.7 Å². The average Bonchev–Trinajstić information content (AvgIpc) is 2.45. The zero-order valence-electron chi connectivity index (χ0n) is 12.0. The maximum absolute atomic E-state index is 13.0. The van der Waals surface area contributed by atoms with Crippen LogP contribution in [-0.2, 0) is 4.79 Å². The van der Waals surface area contributed by atoms with Gasteiger partial charge in [0.25, 0.3) is 0 Å². The van der Waals surface area contributed by atoms with Gasteiger partial charge in [-0.1, -0.05) is 18.2 Å². The Morgan fingerprint density at radius 1 is 1.00 bits per heavy atom. The third-order valence-corrected chi connectivity index (χ3v) is 2.79. The summed E-state index contributed by atoms with van der Waals surface area (Å²) in [6.45, 7) is 1.70. The fraction of sp³-hybridized carbons (Fsp3) is 0.125. The summed E-state index contributed by atoms with van der Waals surface area (Å²) in [5.74, 6) is -0.882. The summed E-state index contributed by atoms with van der Waals surface area (Å²) >= 11 is 0. The average molecular weight is 301 g/mol. The summed E-state index contributed by atoms with van der Waals surface area (Å²) in [5.41, 5.74) is 2.00. The predicted molar refractivity (Wildman–Crippen MR) is 83.2 cm³/mol. The summed E-state index contributed by atoms with van der Waals surface area (Å²) in [6, 6.07) is 12.3. The van der Waals surface area contributed by atoms with Crippen molar-refractivity contribution in [1.29, 1.82) is 0 Å². The van der Waals surface area contributed by atoms with E-state index in [2.05, 4.69) is 16.0 Å². The molecule has 0 aliphatic carbocycles. The van der Waals surface area contributed by atoms with Crippen molar-refractivity contribution >= 4 is 23.3 Å². The molecule has 2 aromatic carbocycles. The Bertz CT molecular complexity index is 629. The maximum Gasteiger partial charge on any atom is 0.319 e. The van der Waals surface area contributed by atoms with Crippen LogP contribution in [0.5, 0.6) is 0 Å². The molecule has 6 heteroatoms. The molecule has 0 aliphatic rings. The van der Waals surface area contributed by atoms with Gasteiger partial charge >= 0.3 is 6.03 Å². The second kappa shape index (κ2) is 7.21. The van der Waals surface area contributed by atoms with Gasteiger partial charge in [0.2, 0.25) is 5.91 Å². The molecule has 0 saturated heterocycles. The fourth-order valence-corrected chi connectivity index (χ4v) is 1.83. The standard InChI is InChI=1S/C16H16FN3O2/c1-11-4-2-6-13(8-11)20-16(22)18-10-15(21)19-14-7-3-5-12(17)9-14/h2-9H,10H2,1H3,(H,19,21)(H2,18,20,22). The number of benzene rings is 2. The minimum absolute atomic E-state index is 0.214. The van der Waals surface area contributed by atoms with Crippen LogP contribution in [0.1, 0.15) is 5.56 Å². The zero-order chi connectivity index (χ0) is 15.9. The quantitative estimate of drug-likeness (QED) is 0.812. The van der Waals surface area contributed by atoms with Gasteiger partial charge in [0.15, 0.2) is 0 Å². The van der Waals surface area contributed by atoms with Crippen LogP contribution in [0.25, 0.3) is 0 Å². The molecule has 0 radical (unpaired) electrons. The van der Waals surface area contributed by atoms with Crippen molar-refractivity contribution in [3.05, 3.63) is 59.9 Å². The fourth-order valence-electron chi connectivity index (χ4n) is 1.83. The van der Waals surface area contributed by atoms with E-state index in [-0.39, 0.29) is 6.54 Å². The molecule has 0 saturated carbocycles. The van der Waals surface area contributed by atoms with Crippen molar-refractivity contribution in [3.63, 3.8) is 0 Å². The molecule has 0 aromatic heterocycles. The molecular formula is C16H16FN3O2. The lowest BCUT2D eigenvalue weighted by Crippen LogP contribution is -2.35. The third-order valence-electron chi connectivity index (χ3n) is 2.79. The van der Waals surface area contributed by atoms with Gasteiger partial charge in [-0.25, -0.2) is 9.18 Å². The van der Waals surface area contributed by atoms with Crippen LogP contribution in [0.15, 0.2) is 48.5 Å². The first-order valence-electron chi connectivity index (χ1n) is 6.70. The van der Waals surface area contributed by atoms with E-state index >= 15 is 0 Å². The number of halogens is 1. The van der Waals surface area contributed by atoms with E-state index in [1.165, 1.54) is 18.2 Å². The zero-order valence-corrected chi connectivity index (χ0v) is 12.0. The molecule has 0 spiro atoms. The highest BCUT2D eigenvalue weighted by atomic mass is 19.1. The first-order valence-corrected chi connectivity index (χ1v) is 6.70. The smallest absolute Gasteiger partial charge is 0.319 e. The van der Waals surface area contributed by atoms with E-state index in [0.717, 1.165) is 5.56 Å². The number of urea groups is 1. The van der Waals surface area contributed by atoms with Gasteiger partial charge in [0.05, 0.1) is 6.54 Å². The van der Waals surface area contributed by atoms with Crippen molar-refractivity contribution < 1.29 is 14.0 Å². The lowest BCUT2D eigenvalue weighted by molar-refractivity contribution is -0.115. The predicted octanol–water partition coefficient (Wildman–Crippen LogP) is 2.89. The molecule has 5 nitrogen and oxygen atoms in total. The van der Waals surface area contributed by atoms with Crippen LogP contribution in [-0.4, -0.2) is 18.5 Å². The highest BCUT2D eigenvalue weighted by Gasteiger charge is 2.06. The Morgan fingerprint density at radius 2 is 1.68 bits per heavy atom. The minimum Gasteiger partial charge on any atom is -0.329 e. The molecule has 114 valence electrons. The van der Waals surface area contributed by atoms with Crippen LogP contribution in [0.2, 0.25) is 0 Å². The van der Waals surface area contributed by atoms with Crippen LogP contribution in [0.3, 0.4) is 0 Å². The van der Waals surface area contributed by atoms with Gasteiger partial charge in [-0.15, -0.1) is 0 Å². The van der Waals surface area contributed by atoms with Crippen molar-refractivity contribution in [2.45, 2.75) is 6.92 Å². The molecule has 0 unspecified atom stereocenters. The topological polar surface area (TPSA) is 70.2 Å². The van der Waals surface area contributed by atoms with Gasteiger partial charge in [-0.2, -0.15) is 0 Å². The van der Waals surface area contributed by atoms with Gasteiger partial charge < -0.3 is 16.0 Å². The molecule has 0 bridgehead atoms. The molecular weight excluding hydrogens is 285 g/mol. The van der Waals surface area contributed by atoms with Gasteiger partial charge in [0, 0.05) is 11.4 Å². The van der Waals surface area contributed by atoms with E-state index < -0.39 is 17.8 Å². The summed E-state index contributed by atoms with van der Waals surface area (Å²) in [7, 11) is 0. The summed E-state index contributed by atoms with van der Waals surface area (Å²) < 4.78 is 13.0. The van der Waals surface area contributed by atoms with Crippen molar-refractivity contribution in [3.8, 4) is 0 Å². The highest BCUT2D eigenvalue weighted by Crippen LogP contribution is 2.09. The number of hydrogen-bond donors (Lipinski definition) is 3. The number of hydrogen-bond acceptors (Lipinski definition) is 2. The number of nitrogens with one attached hydrogen (secondary N) is 3. The largest absolute Gasteiger partial charge is 0.329 e. The van der Waals surface area contributed by atoms with Gasteiger partial charge in [-0.3, -0.25) is 4.79 Å². The van der Waals surface area contributed by atoms with E-state index in [1.807, 2.05) is 25.1 Å². The molecule has 22 heavy (non-hydrogen) atoms. The molecule has 2 aromatic rings. The first-order chi connectivity index (χ1) is 10.5. The lowest BCUT2D eigenvalue weighted by atomic mass is 10.2. The Morgan fingerprint density at radius 3 is 2.36 bits per heavy atom. The molecule has 0 aliphatic heterocycles. The highest BCUT2D eigenvalue weighted by molar-refractivity contribution is 5.96. The van der Waals surface area contributed by atoms with E-state index in [4.69, 9.17) is 0 Å². The van der Waals surface area contributed by atoms with Gasteiger partial charge in [0.1, 0.15) is 5.82 Å². The second-order valence-electron chi connectivity index (χ2n) is 4.74. The molecule has 0 atom stereocenters. The lowest BCUT2D eigenvalue weighted by Gasteiger charge is -2.09. The summed E-state index contributed by atoms with van der Waals surface area (Å²) in [4.78, 5) is 23.3. The molecule has 0 fully saturated rings. The molecule has 2 rings (SSSR count).